The Hall–Kier alpha value is -2.92. The van der Waals surface area contributed by atoms with Gasteiger partial charge >= 0.3 is 0 Å². The average Bonchev–Trinajstić information content (AvgIpc) is 2.76. The second kappa shape index (κ2) is 8.67. The number of carbonyl (C=O) groups is 1. The summed E-state index contributed by atoms with van der Waals surface area (Å²) in [4.78, 5) is 23.4. The molecule has 1 fully saturated rings. The minimum absolute atomic E-state index is 0.109. The van der Waals surface area contributed by atoms with E-state index in [0.717, 1.165) is 28.9 Å². The highest BCUT2D eigenvalue weighted by Crippen LogP contribution is 2.42. The van der Waals surface area contributed by atoms with Crippen molar-refractivity contribution in [2.24, 2.45) is 5.41 Å². The molecule has 162 valence electrons. The number of nitrogens with zero attached hydrogens (tertiary/aromatic N) is 4. The number of amides is 1. The fourth-order valence-electron chi connectivity index (χ4n) is 4.18. The standard InChI is InChI=1S/C22H24ClFN6O/c1-26-16-8-14(10-24)7-15(9-16)11-27-19-17-12-30(6-3-18(17)28-21(23)29-19)20(31)22(13-25)4-2-5-22/h7-9,26H,2-6,10-12H2,1H3,(H,27,28,29). The molecule has 1 aliphatic carbocycles. The van der Waals surface area contributed by atoms with E-state index < -0.39 is 12.1 Å². The SMILES string of the molecule is CNc1cc(CF)cc(CNc2nc(Cl)nc3c2CN(C(=O)C2(C#N)CCC2)CC3)c1. The van der Waals surface area contributed by atoms with Crippen LogP contribution in [0.4, 0.5) is 15.9 Å². The number of carbonyl (C=O) groups excluding carboxylic acids is 1. The molecule has 0 radical (unpaired) electrons. The zero-order chi connectivity index (χ0) is 22.0. The lowest BCUT2D eigenvalue weighted by atomic mass is 9.69. The van der Waals surface area contributed by atoms with Crippen molar-refractivity contribution in [3.63, 3.8) is 0 Å². The number of aromatic nitrogens is 2. The molecule has 31 heavy (non-hydrogen) atoms. The van der Waals surface area contributed by atoms with Crippen LogP contribution < -0.4 is 10.6 Å². The molecule has 1 aromatic heterocycles. The number of rotatable bonds is 6. The Morgan fingerprint density at radius 3 is 2.74 bits per heavy atom. The van der Waals surface area contributed by atoms with E-state index in [1.54, 1.807) is 24.1 Å². The van der Waals surface area contributed by atoms with Crippen molar-refractivity contribution in [3.8, 4) is 6.07 Å². The third kappa shape index (κ3) is 4.15. The van der Waals surface area contributed by atoms with Gasteiger partial charge in [-0.1, -0.05) is 6.07 Å². The van der Waals surface area contributed by atoms with Gasteiger partial charge in [0.15, 0.2) is 0 Å². The van der Waals surface area contributed by atoms with E-state index in [1.807, 2.05) is 6.07 Å². The molecule has 4 rings (SSSR count). The zero-order valence-corrected chi connectivity index (χ0v) is 18.1. The summed E-state index contributed by atoms with van der Waals surface area (Å²) in [5.41, 5.74) is 3.05. The number of nitriles is 1. The van der Waals surface area contributed by atoms with Crippen LogP contribution in [0.15, 0.2) is 18.2 Å². The molecule has 1 amide bonds. The molecular weight excluding hydrogens is 419 g/mol. The molecule has 2 N–H and O–H groups in total. The molecular formula is C22H24ClFN6O. The molecule has 9 heteroatoms. The van der Waals surface area contributed by atoms with Crippen LogP contribution in [0.3, 0.4) is 0 Å². The highest BCUT2D eigenvalue weighted by molar-refractivity contribution is 6.28. The molecule has 0 saturated heterocycles. The van der Waals surface area contributed by atoms with Crippen molar-refractivity contribution in [2.45, 2.75) is 45.4 Å². The number of fused-ring (bicyclic) bond motifs is 1. The normalized spacial score (nSPS) is 16.6. The second-order valence-electron chi connectivity index (χ2n) is 8.07. The van der Waals surface area contributed by atoms with Crippen LogP contribution in [0.1, 0.15) is 41.6 Å². The van der Waals surface area contributed by atoms with Crippen molar-refractivity contribution in [1.29, 1.82) is 5.26 Å². The maximum atomic E-state index is 13.2. The predicted molar refractivity (Wildman–Crippen MR) is 116 cm³/mol. The highest BCUT2D eigenvalue weighted by atomic mass is 35.5. The summed E-state index contributed by atoms with van der Waals surface area (Å²) in [5, 5.41) is 16.0. The van der Waals surface area contributed by atoms with Gasteiger partial charge in [0, 0.05) is 37.8 Å². The third-order valence-corrected chi connectivity index (χ3v) is 6.28. The Morgan fingerprint density at radius 2 is 2.10 bits per heavy atom. The van der Waals surface area contributed by atoms with Gasteiger partial charge in [-0.05, 0) is 54.1 Å². The maximum absolute atomic E-state index is 13.2. The quantitative estimate of drug-likeness (QED) is 0.660. The molecule has 2 aromatic rings. The number of nitrogens with one attached hydrogen (secondary N) is 2. The van der Waals surface area contributed by atoms with Crippen LogP contribution in [0.5, 0.6) is 0 Å². The summed E-state index contributed by atoms with van der Waals surface area (Å²) in [6, 6.07) is 7.73. The van der Waals surface area contributed by atoms with Gasteiger partial charge < -0.3 is 15.5 Å². The Balaban J connectivity index is 1.56. The van der Waals surface area contributed by atoms with E-state index in [-0.39, 0.29) is 11.2 Å². The Morgan fingerprint density at radius 1 is 1.32 bits per heavy atom. The monoisotopic (exact) mass is 442 g/mol. The lowest BCUT2D eigenvalue weighted by molar-refractivity contribution is -0.144. The Labute approximate surface area is 185 Å². The molecule has 1 aromatic carbocycles. The first-order valence-electron chi connectivity index (χ1n) is 10.3. The average molecular weight is 443 g/mol. The Bertz CT molecular complexity index is 1030. The van der Waals surface area contributed by atoms with Crippen LogP contribution in [0.25, 0.3) is 0 Å². The van der Waals surface area contributed by atoms with Crippen molar-refractivity contribution in [1.82, 2.24) is 14.9 Å². The molecule has 0 spiro atoms. The predicted octanol–water partition coefficient (Wildman–Crippen LogP) is 3.83. The molecule has 1 saturated carbocycles. The van der Waals surface area contributed by atoms with Gasteiger partial charge in [-0.25, -0.2) is 14.4 Å². The summed E-state index contributed by atoms with van der Waals surface area (Å²) >= 11 is 6.14. The molecule has 7 nitrogen and oxygen atoms in total. The van der Waals surface area contributed by atoms with Crippen molar-refractivity contribution >= 4 is 29.0 Å². The maximum Gasteiger partial charge on any atom is 0.243 e. The molecule has 2 aliphatic rings. The van der Waals surface area contributed by atoms with Gasteiger partial charge in [0.1, 0.15) is 17.9 Å². The summed E-state index contributed by atoms with van der Waals surface area (Å²) in [7, 11) is 1.79. The second-order valence-corrected chi connectivity index (χ2v) is 8.40. The highest BCUT2D eigenvalue weighted by Gasteiger charge is 2.47. The van der Waals surface area contributed by atoms with E-state index in [9.17, 15) is 14.4 Å². The first kappa shape index (κ1) is 21.3. The van der Waals surface area contributed by atoms with Crippen molar-refractivity contribution in [2.75, 3.05) is 24.2 Å². The Kier molecular flexibility index (Phi) is 5.96. The third-order valence-electron chi connectivity index (χ3n) is 6.11. The molecule has 0 bridgehead atoms. The summed E-state index contributed by atoms with van der Waals surface area (Å²) in [5.74, 6) is 0.450. The molecule has 2 heterocycles. The summed E-state index contributed by atoms with van der Waals surface area (Å²) < 4.78 is 13.2. The van der Waals surface area contributed by atoms with E-state index in [1.165, 1.54) is 0 Å². The van der Waals surface area contributed by atoms with Crippen molar-refractivity contribution in [3.05, 3.63) is 45.9 Å². The van der Waals surface area contributed by atoms with Crippen molar-refractivity contribution < 1.29 is 9.18 Å². The number of halogens is 2. The number of hydrogen-bond donors (Lipinski definition) is 2. The van der Waals surface area contributed by atoms with Crippen LogP contribution in [-0.2, 0) is 31.0 Å². The van der Waals surface area contributed by atoms with Crippen LogP contribution in [0, 0.1) is 16.7 Å². The number of hydrogen-bond acceptors (Lipinski definition) is 6. The van der Waals surface area contributed by atoms with Crippen LogP contribution >= 0.6 is 11.6 Å². The number of anilines is 2. The van der Waals surface area contributed by atoms with Gasteiger partial charge in [0.2, 0.25) is 11.2 Å². The topological polar surface area (TPSA) is 93.9 Å². The first-order chi connectivity index (χ1) is 15.0. The lowest BCUT2D eigenvalue weighted by Gasteiger charge is -2.39. The molecule has 1 aliphatic heterocycles. The van der Waals surface area contributed by atoms with E-state index in [0.29, 0.717) is 50.3 Å². The molecule has 0 unspecified atom stereocenters. The van der Waals surface area contributed by atoms with Gasteiger partial charge in [0.25, 0.3) is 0 Å². The van der Waals surface area contributed by atoms with Gasteiger partial charge in [-0.15, -0.1) is 0 Å². The smallest absolute Gasteiger partial charge is 0.243 e. The largest absolute Gasteiger partial charge is 0.388 e. The minimum Gasteiger partial charge on any atom is -0.388 e. The summed E-state index contributed by atoms with van der Waals surface area (Å²) in [6.45, 7) is 0.711. The zero-order valence-electron chi connectivity index (χ0n) is 17.3. The molecule has 0 atom stereocenters. The van der Waals surface area contributed by atoms with Gasteiger partial charge in [-0.3, -0.25) is 4.79 Å². The van der Waals surface area contributed by atoms with E-state index >= 15 is 0 Å². The summed E-state index contributed by atoms with van der Waals surface area (Å²) in [6.07, 6.45) is 2.70. The number of benzene rings is 1. The first-order valence-corrected chi connectivity index (χ1v) is 10.7. The number of alkyl halides is 1. The fourth-order valence-corrected chi connectivity index (χ4v) is 4.37. The minimum atomic E-state index is -0.880. The van der Waals surface area contributed by atoms with Crippen LogP contribution in [0.2, 0.25) is 5.28 Å². The van der Waals surface area contributed by atoms with Gasteiger partial charge in [-0.2, -0.15) is 5.26 Å². The van der Waals surface area contributed by atoms with Gasteiger partial charge in [0.05, 0.1) is 18.3 Å². The fraction of sp³-hybridized carbons (Fsp3) is 0.455. The van der Waals surface area contributed by atoms with Crippen LogP contribution in [-0.4, -0.2) is 34.4 Å². The van der Waals surface area contributed by atoms with E-state index in [2.05, 4.69) is 26.7 Å². The van der Waals surface area contributed by atoms with E-state index in [4.69, 9.17) is 11.6 Å². The lowest BCUT2D eigenvalue weighted by Crippen LogP contribution is -2.49.